The molecule has 0 bridgehead atoms. The predicted molar refractivity (Wildman–Crippen MR) is 58.5 cm³/mol. The van der Waals surface area contributed by atoms with Crippen molar-refractivity contribution in [2.24, 2.45) is 0 Å². The van der Waals surface area contributed by atoms with Gasteiger partial charge in [-0.3, -0.25) is 0 Å². The minimum atomic E-state index is -0.943. The first-order valence-corrected chi connectivity index (χ1v) is 4.73. The summed E-state index contributed by atoms with van der Waals surface area (Å²) < 4.78 is 5.72. The Hall–Kier alpha value is -2.57. The van der Waals surface area contributed by atoms with E-state index in [0.29, 0.717) is 10.4 Å². The number of rotatable bonds is 1. The molecule has 0 saturated carbocycles. The number of nitrogens with one attached hydrogen (secondary N) is 1. The maximum absolute atomic E-state index is 11.8. The SMILES string of the molecule is COC(=O)n1[nH]c(=O)n(-c2ccccc2)c1=O. The predicted octanol–water partition coefficient (Wildman–Crippen LogP) is -0.0582. The van der Waals surface area contributed by atoms with E-state index < -0.39 is 17.5 Å². The summed E-state index contributed by atoms with van der Waals surface area (Å²) in [6.45, 7) is 0. The summed E-state index contributed by atoms with van der Waals surface area (Å²) in [6, 6.07) is 8.27. The van der Waals surface area contributed by atoms with Crippen LogP contribution in [-0.2, 0) is 4.74 Å². The van der Waals surface area contributed by atoms with Gasteiger partial charge in [-0.1, -0.05) is 18.2 Å². The molecule has 7 nitrogen and oxygen atoms in total. The monoisotopic (exact) mass is 235 g/mol. The number of carbonyl (C=O) groups excluding carboxylic acids is 1. The molecule has 0 fully saturated rings. The molecule has 2 aromatic rings. The lowest BCUT2D eigenvalue weighted by molar-refractivity contribution is 0.168. The molecule has 0 aliphatic rings. The maximum Gasteiger partial charge on any atom is 0.437 e. The molecule has 17 heavy (non-hydrogen) atoms. The Kier molecular flexibility index (Phi) is 2.65. The zero-order valence-electron chi connectivity index (χ0n) is 8.91. The van der Waals surface area contributed by atoms with E-state index in [1.54, 1.807) is 30.3 Å². The molecular weight excluding hydrogens is 226 g/mol. The molecule has 2 rings (SSSR count). The van der Waals surface area contributed by atoms with Crippen molar-refractivity contribution in [1.29, 1.82) is 0 Å². The normalized spacial score (nSPS) is 10.2. The van der Waals surface area contributed by atoms with Gasteiger partial charge in [0.1, 0.15) is 0 Å². The number of nitrogens with zero attached hydrogens (tertiary/aromatic N) is 2. The molecule has 0 aliphatic heterocycles. The number of carbonyl (C=O) groups is 1. The number of methoxy groups -OCH3 is 1. The van der Waals surface area contributed by atoms with Crippen molar-refractivity contribution in [2.45, 2.75) is 0 Å². The Morgan fingerprint density at radius 2 is 1.88 bits per heavy atom. The third-order valence-corrected chi connectivity index (χ3v) is 2.16. The van der Waals surface area contributed by atoms with Gasteiger partial charge in [0.15, 0.2) is 0 Å². The van der Waals surface area contributed by atoms with Crippen LogP contribution in [0.5, 0.6) is 0 Å². The number of hydrogen-bond acceptors (Lipinski definition) is 4. The van der Waals surface area contributed by atoms with Crippen LogP contribution in [0.4, 0.5) is 4.79 Å². The lowest BCUT2D eigenvalue weighted by Gasteiger charge is -1.97. The topological polar surface area (TPSA) is 86.1 Å². The number of aromatic amines is 1. The van der Waals surface area contributed by atoms with Crippen molar-refractivity contribution in [3.05, 3.63) is 51.3 Å². The van der Waals surface area contributed by atoms with Crippen LogP contribution >= 0.6 is 0 Å². The molecule has 1 aromatic carbocycles. The first kappa shape index (κ1) is 10.9. The number of para-hydroxylation sites is 1. The molecule has 0 radical (unpaired) electrons. The first-order chi connectivity index (χ1) is 8.15. The second-order valence-electron chi connectivity index (χ2n) is 3.18. The maximum atomic E-state index is 11.8. The molecule has 7 heteroatoms. The van der Waals surface area contributed by atoms with E-state index in [9.17, 15) is 14.4 Å². The van der Waals surface area contributed by atoms with Gasteiger partial charge in [0.2, 0.25) is 0 Å². The lowest BCUT2D eigenvalue weighted by atomic mass is 10.3. The summed E-state index contributed by atoms with van der Waals surface area (Å²) in [7, 11) is 1.12. The van der Waals surface area contributed by atoms with E-state index in [1.807, 2.05) is 0 Å². The standard InChI is InChI=1S/C10H9N3O4/c1-17-10(16)13-9(15)12(8(14)11-13)7-5-3-2-4-6-7/h2-6H,1H3,(H,11,14). The van der Waals surface area contributed by atoms with Crippen LogP contribution in [0.3, 0.4) is 0 Å². The van der Waals surface area contributed by atoms with Crippen molar-refractivity contribution in [1.82, 2.24) is 14.3 Å². The van der Waals surface area contributed by atoms with Crippen LogP contribution in [0.2, 0.25) is 0 Å². The largest absolute Gasteiger partial charge is 0.451 e. The quantitative estimate of drug-likeness (QED) is 0.750. The van der Waals surface area contributed by atoms with Crippen LogP contribution < -0.4 is 11.4 Å². The second kappa shape index (κ2) is 4.12. The smallest absolute Gasteiger partial charge is 0.437 e. The highest BCUT2D eigenvalue weighted by atomic mass is 16.5. The Morgan fingerprint density at radius 1 is 1.24 bits per heavy atom. The lowest BCUT2D eigenvalue weighted by Crippen LogP contribution is -2.30. The van der Waals surface area contributed by atoms with Gasteiger partial charge in [0, 0.05) is 0 Å². The molecule has 88 valence electrons. The number of aromatic nitrogens is 3. The van der Waals surface area contributed by atoms with Crippen molar-refractivity contribution >= 4 is 6.09 Å². The highest BCUT2D eigenvalue weighted by Gasteiger charge is 2.15. The Balaban J connectivity index is 2.66. The summed E-state index contributed by atoms with van der Waals surface area (Å²) in [6.07, 6.45) is -0.943. The molecule has 1 heterocycles. The third kappa shape index (κ3) is 1.78. The van der Waals surface area contributed by atoms with Gasteiger partial charge in [0.05, 0.1) is 12.8 Å². The van der Waals surface area contributed by atoms with Crippen LogP contribution in [0.25, 0.3) is 5.69 Å². The molecule has 0 unspecified atom stereocenters. The van der Waals surface area contributed by atoms with E-state index in [4.69, 9.17) is 0 Å². The number of H-pyrrole nitrogens is 1. The summed E-state index contributed by atoms with van der Waals surface area (Å²) in [5.74, 6) is 0. The summed E-state index contributed by atoms with van der Waals surface area (Å²) in [5, 5.41) is 2.10. The summed E-state index contributed by atoms with van der Waals surface area (Å²) in [4.78, 5) is 34.5. The van der Waals surface area contributed by atoms with E-state index in [2.05, 4.69) is 9.84 Å². The second-order valence-corrected chi connectivity index (χ2v) is 3.18. The molecule has 0 spiro atoms. The van der Waals surface area contributed by atoms with Gasteiger partial charge in [-0.25, -0.2) is 24.0 Å². The third-order valence-electron chi connectivity index (χ3n) is 2.16. The van der Waals surface area contributed by atoms with Crippen LogP contribution in [0, 0.1) is 0 Å². The van der Waals surface area contributed by atoms with Gasteiger partial charge >= 0.3 is 17.5 Å². The highest BCUT2D eigenvalue weighted by Crippen LogP contribution is 1.99. The van der Waals surface area contributed by atoms with Gasteiger partial charge in [-0.05, 0) is 12.1 Å². The average Bonchev–Trinajstić information content (AvgIpc) is 2.65. The van der Waals surface area contributed by atoms with E-state index in [-0.39, 0.29) is 0 Å². The fraction of sp³-hybridized carbons (Fsp3) is 0.100. The highest BCUT2D eigenvalue weighted by molar-refractivity contribution is 5.68. The van der Waals surface area contributed by atoms with Crippen molar-refractivity contribution in [3.8, 4) is 5.69 Å². The summed E-state index contributed by atoms with van der Waals surface area (Å²) >= 11 is 0. The van der Waals surface area contributed by atoms with Gasteiger partial charge in [0.25, 0.3) is 0 Å². The summed E-state index contributed by atoms with van der Waals surface area (Å²) in [5.41, 5.74) is -1.12. The zero-order chi connectivity index (χ0) is 12.4. The Morgan fingerprint density at radius 3 is 2.47 bits per heavy atom. The van der Waals surface area contributed by atoms with Crippen LogP contribution in [0.15, 0.2) is 39.9 Å². The molecule has 0 saturated heterocycles. The molecule has 0 amide bonds. The number of ether oxygens (including phenoxy) is 1. The van der Waals surface area contributed by atoms with E-state index >= 15 is 0 Å². The Bertz CT molecular complexity index is 650. The van der Waals surface area contributed by atoms with E-state index in [0.717, 1.165) is 11.7 Å². The molecule has 1 aromatic heterocycles. The molecule has 1 N–H and O–H groups in total. The van der Waals surface area contributed by atoms with Gasteiger partial charge in [-0.15, -0.1) is 4.68 Å². The van der Waals surface area contributed by atoms with Crippen molar-refractivity contribution in [3.63, 3.8) is 0 Å². The fourth-order valence-electron chi connectivity index (χ4n) is 1.40. The zero-order valence-corrected chi connectivity index (χ0v) is 8.91. The number of hydrogen-bond donors (Lipinski definition) is 1. The molecule has 0 atom stereocenters. The molecule has 0 aliphatic carbocycles. The minimum absolute atomic E-state index is 0.376. The van der Waals surface area contributed by atoms with Crippen molar-refractivity contribution < 1.29 is 9.53 Å². The van der Waals surface area contributed by atoms with E-state index in [1.165, 1.54) is 0 Å². The number of benzene rings is 1. The Labute approximate surface area is 94.9 Å². The van der Waals surface area contributed by atoms with Crippen LogP contribution in [-0.4, -0.2) is 27.6 Å². The average molecular weight is 235 g/mol. The van der Waals surface area contributed by atoms with Gasteiger partial charge < -0.3 is 4.74 Å². The fourth-order valence-corrected chi connectivity index (χ4v) is 1.40. The molecular formula is C10H9N3O4. The minimum Gasteiger partial charge on any atom is -0.451 e. The van der Waals surface area contributed by atoms with Crippen LogP contribution in [0.1, 0.15) is 0 Å². The van der Waals surface area contributed by atoms with Crippen molar-refractivity contribution in [2.75, 3.05) is 7.11 Å². The van der Waals surface area contributed by atoms with Gasteiger partial charge in [-0.2, -0.15) is 0 Å². The first-order valence-electron chi connectivity index (χ1n) is 4.73.